The van der Waals surface area contributed by atoms with E-state index in [1.54, 1.807) is 6.92 Å². The monoisotopic (exact) mass is 440 g/mol. The maximum atomic E-state index is 11.5. The summed E-state index contributed by atoms with van der Waals surface area (Å²) in [6.07, 6.45) is 2.23. The van der Waals surface area contributed by atoms with Crippen LogP contribution in [0.1, 0.15) is 26.7 Å². The molecule has 1 aromatic rings. The van der Waals surface area contributed by atoms with Crippen molar-refractivity contribution in [3.05, 3.63) is 28.7 Å². The number of hydrogen-bond acceptors (Lipinski definition) is 3. The van der Waals surface area contributed by atoms with Crippen LogP contribution in [-0.2, 0) is 4.79 Å². The standard InChI is InChI=1S/C19H29BrN4OS/c1-3-21-19(24-13-11-23(12-14-24)16(2)25)22-10-6-7-15-26-18-9-5-4-8-17(18)20/h4-5,8-9H,3,6-7,10-15H2,1-2H3,(H,21,22). The predicted molar refractivity (Wildman–Crippen MR) is 114 cm³/mol. The number of nitrogens with one attached hydrogen (secondary N) is 1. The number of amides is 1. The van der Waals surface area contributed by atoms with Crippen LogP contribution < -0.4 is 5.32 Å². The van der Waals surface area contributed by atoms with Crippen molar-refractivity contribution in [1.29, 1.82) is 0 Å². The number of rotatable bonds is 7. The van der Waals surface area contributed by atoms with Gasteiger partial charge in [-0.1, -0.05) is 12.1 Å². The highest BCUT2D eigenvalue weighted by Gasteiger charge is 2.20. The fraction of sp³-hybridized carbons (Fsp3) is 0.579. The summed E-state index contributed by atoms with van der Waals surface area (Å²) in [6, 6.07) is 8.35. The molecule has 0 spiro atoms. The maximum absolute atomic E-state index is 11.5. The molecule has 26 heavy (non-hydrogen) atoms. The van der Waals surface area contributed by atoms with Crippen molar-refractivity contribution in [2.24, 2.45) is 4.99 Å². The molecule has 0 unspecified atom stereocenters. The van der Waals surface area contributed by atoms with Gasteiger partial charge >= 0.3 is 0 Å². The van der Waals surface area contributed by atoms with Gasteiger partial charge < -0.3 is 15.1 Å². The highest BCUT2D eigenvalue weighted by Crippen LogP contribution is 2.27. The number of halogens is 1. The SMILES string of the molecule is CCNC(=NCCCCSc1ccccc1Br)N1CCN(C(C)=O)CC1. The van der Waals surface area contributed by atoms with E-state index in [1.165, 1.54) is 9.37 Å². The first kappa shape index (κ1) is 21.1. The molecule has 1 N–H and O–H groups in total. The zero-order valence-electron chi connectivity index (χ0n) is 15.7. The van der Waals surface area contributed by atoms with E-state index < -0.39 is 0 Å². The molecule has 1 heterocycles. The van der Waals surface area contributed by atoms with Crippen LogP contribution in [0.3, 0.4) is 0 Å². The van der Waals surface area contributed by atoms with Crippen LogP contribution >= 0.6 is 27.7 Å². The lowest BCUT2D eigenvalue weighted by atomic mass is 10.3. The Kier molecular flexibility index (Phi) is 9.32. The minimum atomic E-state index is 0.161. The molecule has 1 fully saturated rings. The quantitative estimate of drug-likeness (QED) is 0.305. The summed E-state index contributed by atoms with van der Waals surface area (Å²) in [5.74, 6) is 2.25. The Labute approximate surface area is 169 Å². The number of nitrogens with zero attached hydrogens (tertiary/aromatic N) is 3. The summed E-state index contributed by atoms with van der Waals surface area (Å²) in [7, 11) is 0. The van der Waals surface area contributed by atoms with Crippen LogP contribution in [0.15, 0.2) is 38.6 Å². The van der Waals surface area contributed by atoms with E-state index in [2.05, 4.69) is 51.3 Å². The minimum absolute atomic E-state index is 0.161. The molecule has 144 valence electrons. The zero-order valence-corrected chi connectivity index (χ0v) is 18.1. The van der Waals surface area contributed by atoms with Gasteiger partial charge in [0, 0.05) is 55.6 Å². The molecule has 1 saturated heterocycles. The second kappa shape index (κ2) is 11.5. The highest BCUT2D eigenvalue weighted by atomic mass is 79.9. The second-order valence-corrected chi connectivity index (χ2v) is 8.21. The first-order valence-electron chi connectivity index (χ1n) is 9.28. The van der Waals surface area contributed by atoms with E-state index in [0.29, 0.717) is 0 Å². The third kappa shape index (κ3) is 6.83. The van der Waals surface area contributed by atoms with Gasteiger partial charge in [-0.05, 0) is 53.6 Å². The summed E-state index contributed by atoms with van der Waals surface area (Å²) in [5, 5.41) is 3.38. The van der Waals surface area contributed by atoms with E-state index >= 15 is 0 Å². The summed E-state index contributed by atoms with van der Waals surface area (Å²) < 4.78 is 1.17. The number of unbranched alkanes of at least 4 members (excludes halogenated alkanes) is 1. The number of thioether (sulfide) groups is 1. The minimum Gasteiger partial charge on any atom is -0.357 e. The maximum Gasteiger partial charge on any atom is 0.219 e. The topological polar surface area (TPSA) is 47.9 Å². The molecule has 1 aliphatic rings. The summed E-state index contributed by atoms with van der Waals surface area (Å²) in [4.78, 5) is 21.7. The number of piperazine rings is 1. The van der Waals surface area contributed by atoms with Crippen LogP contribution in [0.5, 0.6) is 0 Å². The Morgan fingerprint density at radius 1 is 1.19 bits per heavy atom. The van der Waals surface area contributed by atoms with E-state index in [9.17, 15) is 4.79 Å². The number of carbonyl (C=O) groups excluding carboxylic acids is 1. The molecule has 1 aliphatic heterocycles. The van der Waals surface area contributed by atoms with Crippen molar-refractivity contribution in [3.63, 3.8) is 0 Å². The van der Waals surface area contributed by atoms with Crippen molar-refractivity contribution >= 4 is 39.6 Å². The molecular weight excluding hydrogens is 412 g/mol. The molecule has 1 aromatic carbocycles. The smallest absolute Gasteiger partial charge is 0.219 e. The third-order valence-corrected chi connectivity index (χ3v) is 6.38. The Hall–Kier alpha value is -1.21. The lowest BCUT2D eigenvalue weighted by Crippen LogP contribution is -2.53. The molecule has 0 radical (unpaired) electrons. The average molecular weight is 441 g/mol. The lowest BCUT2D eigenvalue weighted by molar-refractivity contribution is -0.130. The molecule has 0 saturated carbocycles. The lowest BCUT2D eigenvalue weighted by Gasteiger charge is -2.36. The molecule has 0 aliphatic carbocycles. The van der Waals surface area contributed by atoms with Gasteiger partial charge in [0.1, 0.15) is 0 Å². The largest absolute Gasteiger partial charge is 0.357 e. The third-order valence-electron chi connectivity index (χ3n) is 4.27. The number of aliphatic imine (C=N–C) groups is 1. The first-order valence-corrected chi connectivity index (χ1v) is 11.1. The van der Waals surface area contributed by atoms with Crippen LogP contribution in [0, 0.1) is 0 Å². The normalized spacial score (nSPS) is 15.3. The van der Waals surface area contributed by atoms with E-state index in [-0.39, 0.29) is 5.91 Å². The average Bonchev–Trinajstić information content (AvgIpc) is 2.65. The van der Waals surface area contributed by atoms with Crippen molar-refractivity contribution in [3.8, 4) is 0 Å². The predicted octanol–water partition coefficient (Wildman–Crippen LogP) is 3.45. The van der Waals surface area contributed by atoms with Gasteiger partial charge in [0.2, 0.25) is 5.91 Å². The molecule has 5 nitrogen and oxygen atoms in total. The van der Waals surface area contributed by atoms with Gasteiger partial charge in [-0.15, -0.1) is 11.8 Å². The molecule has 0 aromatic heterocycles. The number of hydrogen-bond donors (Lipinski definition) is 1. The fourth-order valence-corrected chi connectivity index (χ4v) is 4.38. The van der Waals surface area contributed by atoms with Gasteiger partial charge in [0.15, 0.2) is 5.96 Å². The first-order chi connectivity index (χ1) is 12.6. The summed E-state index contributed by atoms with van der Waals surface area (Å²) in [6.45, 7) is 8.70. The second-order valence-electron chi connectivity index (χ2n) is 6.21. The highest BCUT2D eigenvalue weighted by molar-refractivity contribution is 9.10. The molecule has 0 bridgehead atoms. The van der Waals surface area contributed by atoms with E-state index in [4.69, 9.17) is 4.99 Å². The van der Waals surface area contributed by atoms with Crippen LogP contribution in [-0.4, -0.2) is 66.7 Å². The van der Waals surface area contributed by atoms with Crippen LogP contribution in [0.2, 0.25) is 0 Å². The summed E-state index contributed by atoms with van der Waals surface area (Å²) >= 11 is 5.48. The summed E-state index contributed by atoms with van der Waals surface area (Å²) in [5.41, 5.74) is 0. The van der Waals surface area contributed by atoms with Gasteiger partial charge in [0.05, 0.1) is 0 Å². The van der Waals surface area contributed by atoms with Crippen molar-refractivity contribution in [1.82, 2.24) is 15.1 Å². The molecular formula is C19H29BrN4OS. The van der Waals surface area contributed by atoms with Crippen molar-refractivity contribution in [2.45, 2.75) is 31.6 Å². The van der Waals surface area contributed by atoms with Crippen molar-refractivity contribution < 1.29 is 4.79 Å². The van der Waals surface area contributed by atoms with Gasteiger partial charge in [-0.25, -0.2) is 0 Å². The van der Waals surface area contributed by atoms with Crippen LogP contribution in [0.25, 0.3) is 0 Å². The molecule has 2 rings (SSSR count). The van der Waals surface area contributed by atoms with Crippen molar-refractivity contribution in [2.75, 3.05) is 45.0 Å². The van der Waals surface area contributed by atoms with E-state index in [0.717, 1.165) is 63.8 Å². The fourth-order valence-electron chi connectivity index (χ4n) is 2.80. The van der Waals surface area contributed by atoms with Crippen LogP contribution in [0.4, 0.5) is 0 Å². The van der Waals surface area contributed by atoms with E-state index in [1.807, 2.05) is 22.7 Å². The number of benzene rings is 1. The van der Waals surface area contributed by atoms with Gasteiger partial charge in [-0.2, -0.15) is 0 Å². The molecule has 1 amide bonds. The van der Waals surface area contributed by atoms with Gasteiger partial charge in [0.25, 0.3) is 0 Å². The Morgan fingerprint density at radius 2 is 1.88 bits per heavy atom. The number of carbonyl (C=O) groups is 1. The zero-order chi connectivity index (χ0) is 18.8. The Balaban J connectivity index is 1.72. The Bertz CT molecular complexity index is 603. The number of guanidine groups is 1. The Morgan fingerprint density at radius 3 is 2.54 bits per heavy atom. The van der Waals surface area contributed by atoms with Gasteiger partial charge in [-0.3, -0.25) is 9.79 Å². The molecule has 7 heteroatoms. The molecule has 0 atom stereocenters.